The van der Waals surface area contributed by atoms with Gasteiger partial charge < -0.3 is 29.8 Å². The number of aryl methyl sites for hydroxylation is 1. The van der Waals surface area contributed by atoms with Gasteiger partial charge in [0.2, 0.25) is 23.2 Å². The number of rotatable bonds is 6. The molecule has 156 valence electrons. The second-order valence-electron chi connectivity index (χ2n) is 6.53. The number of aromatic nitrogens is 2. The SMILES string of the molecule is COc1cc(C(Nc2ccc(-c3noc(C)n3)cc2)C(N)=S)c(F)c2c1OCCO2. The Labute approximate surface area is 177 Å². The van der Waals surface area contributed by atoms with Crippen molar-refractivity contribution in [2.24, 2.45) is 5.73 Å². The van der Waals surface area contributed by atoms with Crippen molar-refractivity contribution < 1.29 is 23.1 Å². The normalized spacial score (nSPS) is 13.6. The highest BCUT2D eigenvalue weighted by Gasteiger charge is 2.29. The number of hydrogen-bond donors (Lipinski definition) is 2. The molecule has 10 heteroatoms. The lowest BCUT2D eigenvalue weighted by Gasteiger charge is -2.25. The smallest absolute Gasteiger partial charge is 0.223 e. The molecule has 0 saturated heterocycles. The number of halogens is 1. The topological polar surface area (TPSA) is 105 Å². The molecular formula is C20H19FN4O4S. The van der Waals surface area contributed by atoms with Crippen molar-refractivity contribution in [1.82, 2.24) is 10.1 Å². The molecule has 0 bridgehead atoms. The number of methoxy groups -OCH3 is 1. The third kappa shape index (κ3) is 3.73. The first kappa shape index (κ1) is 19.9. The summed E-state index contributed by atoms with van der Waals surface area (Å²) in [4.78, 5) is 4.25. The van der Waals surface area contributed by atoms with Gasteiger partial charge in [0.1, 0.15) is 24.2 Å². The predicted molar refractivity (Wildman–Crippen MR) is 112 cm³/mol. The van der Waals surface area contributed by atoms with Gasteiger partial charge in [0.25, 0.3) is 0 Å². The van der Waals surface area contributed by atoms with Crippen LogP contribution in [0.3, 0.4) is 0 Å². The average molecular weight is 430 g/mol. The number of nitrogens with one attached hydrogen (secondary N) is 1. The van der Waals surface area contributed by atoms with E-state index in [-0.39, 0.29) is 28.7 Å². The zero-order valence-electron chi connectivity index (χ0n) is 16.3. The van der Waals surface area contributed by atoms with Crippen LogP contribution in [0.2, 0.25) is 0 Å². The number of anilines is 1. The molecule has 0 amide bonds. The number of hydrogen-bond acceptors (Lipinski definition) is 8. The minimum Gasteiger partial charge on any atom is -0.493 e. The number of fused-ring (bicyclic) bond motifs is 1. The van der Waals surface area contributed by atoms with Crippen LogP contribution in [-0.2, 0) is 0 Å². The fourth-order valence-electron chi connectivity index (χ4n) is 3.13. The zero-order chi connectivity index (χ0) is 21.3. The number of thiocarbonyl (C=S) groups is 1. The van der Waals surface area contributed by atoms with Crippen molar-refractivity contribution in [3.63, 3.8) is 0 Å². The minimum absolute atomic E-state index is 0.0125. The molecule has 2 aromatic carbocycles. The lowest BCUT2D eigenvalue weighted by molar-refractivity contribution is 0.157. The van der Waals surface area contributed by atoms with E-state index < -0.39 is 11.9 Å². The van der Waals surface area contributed by atoms with E-state index in [1.165, 1.54) is 13.2 Å². The fourth-order valence-corrected chi connectivity index (χ4v) is 3.31. The summed E-state index contributed by atoms with van der Waals surface area (Å²) < 4.78 is 36.5. The van der Waals surface area contributed by atoms with E-state index in [1.54, 1.807) is 19.1 Å². The van der Waals surface area contributed by atoms with Crippen molar-refractivity contribution in [3.8, 4) is 28.6 Å². The van der Waals surface area contributed by atoms with Gasteiger partial charge in [-0.2, -0.15) is 4.98 Å². The van der Waals surface area contributed by atoms with Crippen LogP contribution < -0.4 is 25.3 Å². The first-order valence-electron chi connectivity index (χ1n) is 9.10. The van der Waals surface area contributed by atoms with E-state index in [1.807, 2.05) is 12.1 Å². The Bertz CT molecular complexity index is 1090. The van der Waals surface area contributed by atoms with Crippen LogP contribution in [0.1, 0.15) is 17.5 Å². The molecule has 0 spiro atoms. The van der Waals surface area contributed by atoms with Crippen LogP contribution in [0.5, 0.6) is 17.2 Å². The van der Waals surface area contributed by atoms with Crippen LogP contribution in [0, 0.1) is 12.7 Å². The van der Waals surface area contributed by atoms with Gasteiger partial charge in [0.05, 0.1) is 7.11 Å². The largest absolute Gasteiger partial charge is 0.493 e. The molecule has 4 rings (SSSR count). The summed E-state index contributed by atoms with van der Waals surface area (Å²) in [5.74, 6) is 0.908. The Morgan fingerprint density at radius 1 is 1.23 bits per heavy atom. The molecule has 0 saturated carbocycles. The van der Waals surface area contributed by atoms with Gasteiger partial charge in [-0.05, 0) is 30.3 Å². The summed E-state index contributed by atoms with van der Waals surface area (Å²) in [6, 6.07) is 7.91. The van der Waals surface area contributed by atoms with Crippen LogP contribution in [0.15, 0.2) is 34.9 Å². The lowest BCUT2D eigenvalue weighted by Crippen LogP contribution is -2.28. The van der Waals surface area contributed by atoms with Gasteiger partial charge >= 0.3 is 0 Å². The summed E-state index contributed by atoms with van der Waals surface area (Å²) in [5.41, 5.74) is 7.58. The Hall–Kier alpha value is -3.40. The van der Waals surface area contributed by atoms with E-state index >= 15 is 4.39 Å². The maximum atomic E-state index is 15.2. The van der Waals surface area contributed by atoms with E-state index in [4.69, 9.17) is 36.7 Å². The van der Waals surface area contributed by atoms with Gasteiger partial charge in [-0.3, -0.25) is 0 Å². The van der Waals surface area contributed by atoms with E-state index in [2.05, 4.69) is 15.5 Å². The number of benzene rings is 2. The molecule has 1 aromatic heterocycles. The van der Waals surface area contributed by atoms with E-state index in [0.29, 0.717) is 29.8 Å². The quantitative estimate of drug-likeness (QED) is 0.569. The molecule has 8 nitrogen and oxygen atoms in total. The molecule has 1 aliphatic heterocycles. The first-order valence-corrected chi connectivity index (χ1v) is 9.51. The van der Waals surface area contributed by atoms with E-state index in [9.17, 15) is 0 Å². The van der Waals surface area contributed by atoms with Crippen molar-refractivity contribution in [2.45, 2.75) is 13.0 Å². The molecule has 0 fully saturated rings. The molecule has 30 heavy (non-hydrogen) atoms. The van der Waals surface area contributed by atoms with Crippen molar-refractivity contribution >= 4 is 22.9 Å². The standard InChI is InChI=1S/C20H19FN4O4S/c1-10-23-20(25-29-10)11-3-5-12(6-4-11)24-16(19(22)30)13-9-14(26-2)17-18(15(13)21)28-8-7-27-17/h3-6,9,16,24H,7-8H2,1-2H3,(H2,22,30). The highest BCUT2D eigenvalue weighted by atomic mass is 32.1. The maximum absolute atomic E-state index is 15.2. The summed E-state index contributed by atoms with van der Waals surface area (Å²) >= 11 is 5.20. The van der Waals surface area contributed by atoms with Crippen LogP contribution in [0.4, 0.5) is 10.1 Å². The summed E-state index contributed by atoms with van der Waals surface area (Å²) in [6.45, 7) is 2.26. The molecular weight excluding hydrogens is 411 g/mol. The fraction of sp³-hybridized carbons (Fsp3) is 0.250. The molecule has 1 atom stereocenters. The highest BCUT2D eigenvalue weighted by Crippen LogP contribution is 2.44. The second-order valence-corrected chi connectivity index (χ2v) is 7.00. The number of nitrogens with two attached hydrogens (primary N) is 1. The van der Waals surface area contributed by atoms with Crippen LogP contribution in [-0.4, -0.2) is 35.5 Å². The molecule has 1 aliphatic rings. The minimum atomic E-state index is -0.803. The van der Waals surface area contributed by atoms with Gasteiger partial charge in [-0.15, -0.1) is 0 Å². The molecule has 1 unspecified atom stereocenters. The molecule has 0 aliphatic carbocycles. The summed E-state index contributed by atoms with van der Waals surface area (Å²) in [7, 11) is 1.47. The Kier molecular flexibility index (Phi) is 5.40. The molecule has 3 aromatic rings. The maximum Gasteiger partial charge on any atom is 0.223 e. The molecule has 0 radical (unpaired) electrons. The number of nitrogens with zero attached hydrogens (tertiary/aromatic N) is 2. The van der Waals surface area contributed by atoms with Gasteiger partial charge in [0, 0.05) is 23.7 Å². The summed E-state index contributed by atoms with van der Waals surface area (Å²) in [5, 5.41) is 7.04. The Morgan fingerprint density at radius 2 is 1.93 bits per heavy atom. The Morgan fingerprint density at radius 3 is 2.53 bits per heavy atom. The second kappa shape index (κ2) is 8.15. The molecule has 2 heterocycles. The summed E-state index contributed by atoms with van der Waals surface area (Å²) in [6.07, 6.45) is 0. The lowest BCUT2D eigenvalue weighted by atomic mass is 10.0. The Balaban J connectivity index is 1.66. The third-order valence-corrected chi connectivity index (χ3v) is 4.78. The van der Waals surface area contributed by atoms with Crippen molar-refractivity contribution in [2.75, 3.05) is 25.6 Å². The average Bonchev–Trinajstić information content (AvgIpc) is 3.19. The van der Waals surface area contributed by atoms with Crippen LogP contribution in [0.25, 0.3) is 11.4 Å². The van der Waals surface area contributed by atoms with Crippen molar-refractivity contribution in [3.05, 3.63) is 47.6 Å². The number of ether oxygens (including phenoxy) is 3. The highest BCUT2D eigenvalue weighted by molar-refractivity contribution is 7.80. The van der Waals surface area contributed by atoms with Crippen LogP contribution >= 0.6 is 12.2 Å². The van der Waals surface area contributed by atoms with Crippen molar-refractivity contribution in [1.29, 1.82) is 0 Å². The van der Waals surface area contributed by atoms with Gasteiger partial charge in [-0.25, -0.2) is 4.39 Å². The van der Waals surface area contributed by atoms with E-state index in [0.717, 1.165) is 5.56 Å². The zero-order valence-corrected chi connectivity index (χ0v) is 17.1. The third-order valence-electron chi connectivity index (χ3n) is 4.54. The predicted octanol–water partition coefficient (Wildman–Crippen LogP) is 3.40. The molecule has 3 N–H and O–H groups in total. The first-order chi connectivity index (χ1) is 14.5. The van der Waals surface area contributed by atoms with Gasteiger partial charge in [0.15, 0.2) is 11.6 Å². The monoisotopic (exact) mass is 430 g/mol. The van der Waals surface area contributed by atoms with Gasteiger partial charge in [-0.1, -0.05) is 17.4 Å².